The van der Waals surface area contributed by atoms with Crippen LogP contribution in [0.5, 0.6) is 0 Å². The molecule has 1 heterocycles. The summed E-state index contributed by atoms with van der Waals surface area (Å²) in [6, 6.07) is 4.00. The fourth-order valence-electron chi connectivity index (χ4n) is 2.41. The molecule has 0 radical (unpaired) electrons. The van der Waals surface area contributed by atoms with Crippen molar-refractivity contribution in [1.82, 2.24) is 10.2 Å². The van der Waals surface area contributed by atoms with E-state index in [1.165, 1.54) is 12.1 Å². The second-order valence-corrected chi connectivity index (χ2v) is 7.16. The SMILES string of the molecule is CN1CCN(c2ccc(F)cc2NC(=O)NCC[S@@](C)=O)CC1. The van der Waals surface area contributed by atoms with Crippen LogP contribution in [0.3, 0.4) is 0 Å². The van der Waals surface area contributed by atoms with Gasteiger partial charge in [-0.15, -0.1) is 0 Å². The van der Waals surface area contributed by atoms with Crippen LogP contribution in [-0.2, 0) is 10.8 Å². The van der Waals surface area contributed by atoms with Crippen molar-refractivity contribution in [3.8, 4) is 0 Å². The van der Waals surface area contributed by atoms with E-state index in [-0.39, 0.29) is 0 Å². The lowest BCUT2D eigenvalue weighted by atomic mass is 10.2. The first kappa shape index (κ1) is 17.7. The number of halogens is 1. The molecule has 8 heteroatoms. The summed E-state index contributed by atoms with van der Waals surface area (Å²) in [4.78, 5) is 16.3. The summed E-state index contributed by atoms with van der Waals surface area (Å²) in [6.45, 7) is 3.81. The number of anilines is 2. The van der Waals surface area contributed by atoms with E-state index in [0.717, 1.165) is 31.9 Å². The van der Waals surface area contributed by atoms with Crippen LogP contribution in [0.25, 0.3) is 0 Å². The fraction of sp³-hybridized carbons (Fsp3) is 0.533. The van der Waals surface area contributed by atoms with E-state index in [9.17, 15) is 13.4 Å². The van der Waals surface area contributed by atoms with Crippen LogP contribution in [0.15, 0.2) is 18.2 Å². The molecule has 6 nitrogen and oxygen atoms in total. The first-order valence-corrected chi connectivity index (χ1v) is 9.26. The van der Waals surface area contributed by atoms with Crippen LogP contribution in [0.4, 0.5) is 20.6 Å². The highest BCUT2D eigenvalue weighted by atomic mass is 32.2. The van der Waals surface area contributed by atoms with Crippen LogP contribution < -0.4 is 15.5 Å². The van der Waals surface area contributed by atoms with E-state index in [2.05, 4.69) is 27.5 Å². The number of hydrogen-bond acceptors (Lipinski definition) is 4. The first-order valence-electron chi connectivity index (χ1n) is 7.53. The third-order valence-electron chi connectivity index (χ3n) is 3.73. The molecule has 0 saturated carbocycles. The molecule has 23 heavy (non-hydrogen) atoms. The smallest absolute Gasteiger partial charge is 0.319 e. The van der Waals surface area contributed by atoms with Crippen LogP contribution in [0, 0.1) is 5.82 Å². The molecule has 0 unspecified atom stereocenters. The largest absolute Gasteiger partial charge is 0.367 e. The van der Waals surface area contributed by atoms with Crippen molar-refractivity contribution in [2.45, 2.75) is 0 Å². The molecule has 1 aliphatic rings. The number of nitrogens with one attached hydrogen (secondary N) is 2. The number of carbonyl (C=O) groups is 1. The van der Waals surface area contributed by atoms with Crippen molar-refractivity contribution in [1.29, 1.82) is 0 Å². The van der Waals surface area contributed by atoms with Gasteiger partial charge in [0.15, 0.2) is 0 Å². The predicted octanol–water partition coefficient (Wildman–Crippen LogP) is 1.08. The molecule has 0 aliphatic carbocycles. The summed E-state index contributed by atoms with van der Waals surface area (Å²) in [6.07, 6.45) is 1.58. The molecule has 1 aromatic carbocycles. The zero-order valence-electron chi connectivity index (χ0n) is 13.5. The topological polar surface area (TPSA) is 64.7 Å². The maximum absolute atomic E-state index is 13.5. The highest BCUT2D eigenvalue weighted by Gasteiger charge is 2.18. The average Bonchev–Trinajstić information content (AvgIpc) is 2.48. The number of amides is 2. The second kappa shape index (κ2) is 8.26. The number of piperazine rings is 1. The Hall–Kier alpha value is -1.67. The third kappa shape index (κ3) is 5.47. The Kier molecular flexibility index (Phi) is 6.35. The maximum atomic E-state index is 13.5. The standard InChI is InChI=1S/C15H23FN4O2S/c1-19-6-8-20(9-7-19)14-4-3-12(16)11-13(14)18-15(21)17-5-10-23(2)22/h3-4,11H,5-10H2,1-2H3,(H2,17,18,21)/t23-/m1/s1. The molecule has 128 valence electrons. The molecule has 1 saturated heterocycles. The molecule has 0 bridgehead atoms. The van der Waals surface area contributed by atoms with Crippen molar-refractivity contribution >= 4 is 28.2 Å². The number of benzene rings is 1. The summed E-state index contributed by atoms with van der Waals surface area (Å²) in [7, 11) is 1.10. The van der Waals surface area contributed by atoms with Gasteiger partial charge in [-0.3, -0.25) is 4.21 Å². The van der Waals surface area contributed by atoms with Crippen LogP contribution in [0.1, 0.15) is 0 Å². The van der Waals surface area contributed by atoms with Gasteiger partial charge in [-0.25, -0.2) is 9.18 Å². The Labute approximate surface area is 138 Å². The predicted molar refractivity (Wildman–Crippen MR) is 92.1 cm³/mol. The van der Waals surface area contributed by atoms with E-state index >= 15 is 0 Å². The van der Waals surface area contributed by atoms with Crippen LogP contribution in [-0.4, -0.2) is 66.9 Å². The van der Waals surface area contributed by atoms with E-state index < -0.39 is 22.6 Å². The van der Waals surface area contributed by atoms with Gasteiger partial charge in [-0.05, 0) is 25.2 Å². The van der Waals surface area contributed by atoms with Crippen molar-refractivity contribution in [3.05, 3.63) is 24.0 Å². The number of nitrogens with zero attached hydrogens (tertiary/aromatic N) is 2. The minimum atomic E-state index is -0.959. The van der Waals surface area contributed by atoms with Crippen molar-refractivity contribution in [2.75, 3.05) is 62.0 Å². The zero-order chi connectivity index (χ0) is 16.8. The maximum Gasteiger partial charge on any atom is 0.319 e. The Bertz CT molecular complexity index is 577. The fourth-order valence-corrected chi connectivity index (χ4v) is 2.80. The third-order valence-corrected chi connectivity index (χ3v) is 4.50. The summed E-state index contributed by atoms with van der Waals surface area (Å²) in [5, 5.41) is 5.32. The Morgan fingerprint density at radius 3 is 2.65 bits per heavy atom. The number of hydrogen-bond donors (Lipinski definition) is 2. The highest BCUT2D eigenvalue weighted by molar-refractivity contribution is 7.84. The van der Waals surface area contributed by atoms with E-state index in [1.54, 1.807) is 12.3 Å². The molecular weight excluding hydrogens is 319 g/mol. The molecule has 0 aromatic heterocycles. The van der Waals surface area contributed by atoms with Gasteiger partial charge in [0.2, 0.25) is 0 Å². The Balaban J connectivity index is 2.03. The van der Waals surface area contributed by atoms with E-state index in [1.807, 2.05) is 0 Å². The summed E-state index contributed by atoms with van der Waals surface area (Å²) in [5.41, 5.74) is 1.26. The van der Waals surface area contributed by atoms with Crippen molar-refractivity contribution in [3.63, 3.8) is 0 Å². The minimum Gasteiger partial charge on any atom is -0.367 e. The monoisotopic (exact) mass is 342 g/mol. The van der Waals surface area contributed by atoms with Gasteiger partial charge in [0.05, 0.1) is 11.4 Å². The number of urea groups is 1. The molecular formula is C15H23FN4O2S. The van der Waals surface area contributed by atoms with Crippen LogP contribution >= 0.6 is 0 Å². The van der Waals surface area contributed by atoms with Crippen molar-refractivity contribution < 1.29 is 13.4 Å². The van der Waals surface area contributed by atoms with Gasteiger partial charge in [0.1, 0.15) is 5.82 Å². The molecule has 1 atom stereocenters. The highest BCUT2D eigenvalue weighted by Crippen LogP contribution is 2.27. The minimum absolute atomic E-state index is 0.314. The number of rotatable bonds is 5. The van der Waals surface area contributed by atoms with Gasteiger partial charge in [0, 0.05) is 55.5 Å². The van der Waals surface area contributed by atoms with Gasteiger partial charge < -0.3 is 20.4 Å². The Morgan fingerprint density at radius 2 is 2.00 bits per heavy atom. The Morgan fingerprint density at radius 1 is 1.30 bits per heavy atom. The van der Waals surface area contributed by atoms with Gasteiger partial charge in [-0.1, -0.05) is 0 Å². The number of likely N-dealkylation sites (N-methyl/N-ethyl adjacent to an activating group) is 1. The van der Waals surface area contributed by atoms with E-state index in [0.29, 0.717) is 18.0 Å². The lowest BCUT2D eigenvalue weighted by Gasteiger charge is -2.35. The van der Waals surface area contributed by atoms with Gasteiger partial charge in [0.25, 0.3) is 0 Å². The lowest BCUT2D eigenvalue weighted by molar-refractivity contribution is 0.252. The van der Waals surface area contributed by atoms with Gasteiger partial charge in [-0.2, -0.15) is 0 Å². The summed E-state index contributed by atoms with van der Waals surface area (Å²) < 4.78 is 24.5. The molecule has 1 fully saturated rings. The van der Waals surface area contributed by atoms with E-state index in [4.69, 9.17) is 0 Å². The quantitative estimate of drug-likeness (QED) is 0.840. The summed E-state index contributed by atoms with van der Waals surface area (Å²) >= 11 is 0. The molecule has 1 aliphatic heterocycles. The molecule has 2 amide bonds. The van der Waals surface area contributed by atoms with Gasteiger partial charge >= 0.3 is 6.03 Å². The molecule has 1 aromatic rings. The molecule has 0 spiro atoms. The molecule has 2 rings (SSSR count). The van der Waals surface area contributed by atoms with Crippen molar-refractivity contribution in [2.24, 2.45) is 0 Å². The first-order chi connectivity index (χ1) is 11.0. The number of carbonyl (C=O) groups excluding carboxylic acids is 1. The second-order valence-electron chi connectivity index (χ2n) is 5.61. The molecule has 2 N–H and O–H groups in total. The average molecular weight is 342 g/mol. The zero-order valence-corrected chi connectivity index (χ0v) is 14.3. The summed E-state index contributed by atoms with van der Waals surface area (Å²) in [5.74, 6) is -0.00476. The lowest BCUT2D eigenvalue weighted by Crippen LogP contribution is -2.45. The normalized spacial score (nSPS) is 16.9. The van der Waals surface area contributed by atoms with Crippen LogP contribution in [0.2, 0.25) is 0 Å².